The van der Waals surface area contributed by atoms with Gasteiger partial charge in [0.1, 0.15) is 0 Å². The zero-order valence-electron chi connectivity index (χ0n) is 13.4. The van der Waals surface area contributed by atoms with Gasteiger partial charge in [-0.2, -0.15) is 0 Å². The minimum atomic E-state index is -0.653. The van der Waals surface area contributed by atoms with Crippen molar-refractivity contribution in [3.8, 4) is 0 Å². The van der Waals surface area contributed by atoms with Crippen LogP contribution in [0.5, 0.6) is 0 Å². The maximum atomic E-state index is 11.1. The SMILES string of the molecule is CCCCCOC(=O)OCCCCOC(=O)OCC(C)C. The Morgan fingerprint density at radius 2 is 1.19 bits per heavy atom. The van der Waals surface area contributed by atoms with Gasteiger partial charge in [-0.1, -0.05) is 33.6 Å². The maximum absolute atomic E-state index is 11.1. The monoisotopic (exact) mass is 304 g/mol. The van der Waals surface area contributed by atoms with Crippen molar-refractivity contribution in [2.45, 2.75) is 52.9 Å². The molecule has 0 aromatic heterocycles. The Morgan fingerprint density at radius 1 is 0.762 bits per heavy atom. The summed E-state index contributed by atoms with van der Waals surface area (Å²) in [6.07, 6.45) is 2.91. The van der Waals surface area contributed by atoms with Gasteiger partial charge in [0, 0.05) is 0 Å². The van der Waals surface area contributed by atoms with E-state index in [0.717, 1.165) is 19.3 Å². The van der Waals surface area contributed by atoms with Crippen molar-refractivity contribution in [3.63, 3.8) is 0 Å². The van der Waals surface area contributed by atoms with Crippen molar-refractivity contribution >= 4 is 12.3 Å². The van der Waals surface area contributed by atoms with Crippen molar-refractivity contribution in [1.82, 2.24) is 0 Å². The Hall–Kier alpha value is -1.46. The lowest BCUT2D eigenvalue weighted by atomic mass is 10.2. The molecular weight excluding hydrogens is 276 g/mol. The van der Waals surface area contributed by atoms with Crippen LogP contribution in [0.15, 0.2) is 0 Å². The van der Waals surface area contributed by atoms with Crippen LogP contribution in [-0.2, 0) is 18.9 Å². The number of hydrogen-bond donors (Lipinski definition) is 0. The second-order valence-corrected chi connectivity index (χ2v) is 5.16. The van der Waals surface area contributed by atoms with Crippen LogP contribution in [0.3, 0.4) is 0 Å². The van der Waals surface area contributed by atoms with Crippen molar-refractivity contribution in [3.05, 3.63) is 0 Å². The number of rotatable bonds is 11. The lowest BCUT2D eigenvalue weighted by Crippen LogP contribution is -2.13. The highest BCUT2D eigenvalue weighted by atomic mass is 16.7. The number of carbonyl (C=O) groups excluding carboxylic acids is 2. The van der Waals surface area contributed by atoms with E-state index in [-0.39, 0.29) is 19.1 Å². The van der Waals surface area contributed by atoms with Gasteiger partial charge in [-0.05, 0) is 25.2 Å². The molecule has 6 heteroatoms. The molecule has 0 rings (SSSR count). The molecule has 0 radical (unpaired) electrons. The van der Waals surface area contributed by atoms with Crippen molar-refractivity contribution in [1.29, 1.82) is 0 Å². The van der Waals surface area contributed by atoms with Crippen LogP contribution >= 0.6 is 0 Å². The third-order valence-electron chi connectivity index (χ3n) is 2.48. The molecule has 0 aromatic carbocycles. The Labute approximate surface area is 127 Å². The predicted molar refractivity (Wildman–Crippen MR) is 78.2 cm³/mol. The molecule has 0 unspecified atom stereocenters. The summed E-state index contributed by atoms with van der Waals surface area (Å²) in [5, 5.41) is 0. The smallest absolute Gasteiger partial charge is 0.434 e. The van der Waals surface area contributed by atoms with E-state index in [1.165, 1.54) is 0 Å². The normalized spacial score (nSPS) is 10.3. The first-order valence-corrected chi connectivity index (χ1v) is 7.65. The van der Waals surface area contributed by atoms with E-state index in [9.17, 15) is 9.59 Å². The number of hydrogen-bond acceptors (Lipinski definition) is 6. The highest BCUT2D eigenvalue weighted by Gasteiger charge is 2.06. The zero-order valence-corrected chi connectivity index (χ0v) is 13.4. The van der Waals surface area contributed by atoms with Gasteiger partial charge >= 0.3 is 12.3 Å². The molecule has 0 bridgehead atoms. The average molecular weight is 304 g/mol. The van der Waals surface area contributed by atoms with Crippen LogP contribution in [-0.4, -0.2) is 38.7 Å². The Balaban J connectivity index is 3.31. The lowest BCUT2D eigenvalue weighted by Gasteiger charge is -2.08. The van der Waals surface area contributed by atoms with E-state index in [4.69, 9.17) is 18.9 Å². The summed E-state index contributed by atoms with van der Waals surface area (Å²) in [5.74, 6) is 0.286. The summed E-state index contributed by atoms with van der Waals surface area (Å²) in [6.45, 7) is 7.25. The van der Waals surface area contributed by atoms with Crippen molar-refractivity contribution in [2.24, 2.45) is 5.92 Å². The van der Waals surface area contributed by atoms with Gasteiger partial charge in [0.05, 0.1) is 26.4 Å². The molecule has 0 atom stereocenters. The summed E-state index contributed by atoms with van der Waals surface area (Å²) < 4.78 is 19.5. The maximum Gasteiger partial charge on any atom is 0.508 e. The Morgan fingerprint density at radius 3 is 1.62 bits per heavy atom. The fraction of sp³-hybridized carbons (Fsp3) is 0.867. The fourth-order valence-electron chi connectivity index (χ4n) is 1.34. The Bertz CT molecular complexity index is 277. The van der Waals surface area contributed by atoms with E-state index < -0.39 is 12.3 Å². The molecule has 0 fully saturated rings. The molecule has 0 N–H and O–H groups in total. The molecule has 0 aliphatic heterocycles. The molecule has 0 amide bonds. The molecule has 0 aromatic rings. The standard InChI is InChI=1S/C15H28O6/c1-4-5-6-9-18-14(16)19-10-7-8-11-20-15(17)21-12-13(2)3/h13H,4-12H2,1-3H3. The first-order valence-electron chi connectivity index (χ1n) is 7.65. The molecule has 0 aliphatic carbocycles. The van der Waals surface area contributed by atoms with Crippen LogP contribution in [0, 0.1) is 5.92 Å². The van der Waals surface area contributed by atoms with E-state index in [0.29, 0.717) is 26.1 Å². The largest absolute Gasteiger partial charge is 0.508 e. The second-order valence-electron chi connectivity index (χ2n) is 5.16. The highest BCUT2D eigenvalue weighted by Crippen LogP contribution is 1.99. The molecule has 0 saturated heterocycles. The van der Waals surface area contributed by atoms with Crippen LogP contribution in [0.2, 0.25) is 0 Å². The fourth-order valence-corrected chi connectivity index (χ4v) is 1.34. The molecule has 124 valence electrons. The highest BCUT2D eigenvalue weighted by molar-refractivity contribution is 5.60. The van der Waals surface area contributed by atoms with Crippen molar-refractivity contribution < 1.29 is 28.5 Å². The van der Waals surface area contributed by atoms with Gasteiger partial charge in [0.2, 0.25) is 0 Å². The third kappa shape index (κ3) is 14.8. The van der Waals surface area contributed by atoms with Crippen LogP contribution in [0.25, 0.3) is 0 Å². The minimum absolute atomic E-state index is 0.256. The summed E-state index contributed by atoms with van der Waals surface area (Å²) >= 11 is 0. The zero-order chi connectivity index (χ0) is 15.9. The topological polar surface area (TPSA) is 71.1 Å². The van der Waals surface area contributed by atoms with E-state index in [1.54, 1.807) is 0 Å². The molecule has 0 saturated carbocycles. The van der Waals surface area contributed by atoms with Gasteiger partial charge in [-0.15, -0.1) is 0 Å². The summed E-state index contributed by atoms with van der Waals surface area (Å²) in [6, 6.07) is 0. The Kier molecular flexibility index (Phi) is 12.6. The molecule has 6 nitrogen and oxygen atoms in total. The van der Waals surface area contributed by atoms with Gasteiger partial charge in [0.25, 0.3) is 0 Å². The van der Waals surface area contributed by atoms with E-state index >= 15 is 0 Å². The molecule has 0 aliphatic rings. The number of unbranched alkanes of at least 4 members (excludes halogenated alkanes) is 3. The van der Waals surface area contributed by atoms with Gasteiger partial charge < -0.3 is 18.9 Å². The van der Waals surface area contributed by atoms with Gasteiger partial charge in [-0.3, -0.25) is 0 Å². The number of ether oxygens (including phenoxy) is 4. The van der Waals surface area contributed by atoms with E-state index in [2.05, 4.69) is 6.92 Å². The van der Waals surface area contributed by atoms with Crippen LogP contribution < -0.4 is 0 Å². The molecular formula is C15H28O6. The van der Waals surface area contributed by atoms with Crippen molar-refractivity contribution in [2.75, 3.05) is 26.4 Å². The quantitative estimate of drug-likeness (QED) is 0.425. The predicted octanol–water partition coefficient (Wildman–Crippen LogP) is 3.92. The van der Waals surface area contributed by atoms with Crippen LogP contribution in [0.1, 0.15) is 52.9 Å². The molecule has 0 spiro atoms. The van der Waals surface area contributed by atoms with Crippen LogP contribution in [0.4, 0.5) is 9.59 Å². The van der Waals surface area contributed by atoms with E-state index in [1.807, 2.05) is 13.8 Å². The van der Waals surface area contributed by atoms with Gasteiger partial charge in [-0.25, -0.2) is 9.59 Å². The second kappa shape index (κ2) is 13.5. The number of carbonyl (C=O) groups is 2. The average Bonchev–Trinajstić information content (AvgIpc) is 2.45. The first-order chi connectivity index (χ1) is 10.1. The third-order valence-corrected chi connectivity index (χ3v) is 2.48. The minimum Gasteiger partial charge on any atom is -0.434 e. The first kappa shape index (κ1) is 19.5. The summed E-state index contributed by atoms with van der Waals surface area (Å²) in [7, 11) is 0. The molecule has 0 heterocycles. The summed E-state index contributed by atoms with van der Waals surface area (Å²) in [4.78, 5) is 22.3. The van der Waals surface area contributed by atoms with Gasteiger partial charge in [0.15, 0.2) is 0 Å². The summed E-state index contributed by atoms with van der Waals surface area (Å²) in [5.41, 5.74) is 0. The molecule has 21 heavy (non-hydrogen) atoms. The lowest BCUT2D eigenvalue weighted by molar-refractivity contribution is 0.0394.